The number of likely N-dealkylation sites (tertiary alicyclic amines) is 1. The number of aromatic nitrogens is 2. The van der Waals surface area contributed by atoms with Crippen molar-refractivity contribution in [3.05, 3.63) is 65.2 Å². The Kier molecular flexibility index (Phi) is 6.55. The molecular formula is C24H30N4O2. The van der Waals surface area contributed by atoms with Gasteiger partial charge in [0.25, 0.3) is 0 Å². The zero-order valence-corrected chi connectivity index (χ0v) is 17.5. The fourth-order valence-electron chi connectivity index (χ4n) is 4.36. The van der Waals surface area contributed by atoms with Gasteiger partial charge < -0.3 is 10.4 Å². The molecular weight excluding hydrogens is 376 g/mol. The molecule has 2 aliphatic rings. The first-order valence-electron chi connectivity index (χ1n) is 10.9. The van der Waals surface area contributed by atoms with Gasteiger partial charge in [-0.05, 0) is 37.2 Å². The quantitative estimate of drug-likeness (QED) is 0.697. The monoisotopic (exact) mass is 406 g/mol. The Bertz CT molecular complexity index is 874. The number of hydrogen-bond acceptors (Lipinski definition) is 5. The molecule has 1 saturated heterocycles. The zero-order chi connectivity index (χ0) is 20.9. The van der Waals surface area contributed by atoms with E-state index in [4.69, 9.17) is 5.11 Å². The highest BCUT2D eigenvalue weighted by molar-refractivity contribution is 5.84. The first-order chi connectivity index (χ1) is 14.6. The molecule has 0 unspecified atom stereocenters. The van der Waals surface area contributed by atoms with E-state index < -0.39 is 5.97 Å². The standard InChI is InChI=1S/C24H30N4O2/c1-2-18(12-17-6-4-3-5-7-17)21-13-22(21)27-19-8-10-28(11-9-19)16-20-14-26-23(15-25-20)24(29)30/h3-7,12,14-15,19,21-22,27H,2,8-11,13,16H2,1H3,(H,29,30)/b18-12+/t21-,22+/m0/s1. The van der Waals surface area contributed by atoms with Crippen LogP contribution in [0.5, 0.6) is 0 Å². The Morgan fingerprint density at radius 3 is 2.60 bits per heavy atom. The van der Waals surface area contributed by atoms with Crippen LogP contribution in [-0.2, 0) is 6.54 Å². The van der Waals surface area contributed by atoms with Crippen LogP contribution in [0.15, 0.2) is 48.3 Å². The van der Waals surface area contributed by atoms with Crippen molar-refractivity contribution in [1.29, 1.82) is 0 Å². The topological polar surface area (TPSA) is 78.4 Å². The van der Waals surface area contributed by atoms with Crippen LogP contribution in [0.1, 0.15) is 54.4 Å². The number of nitrogens with zero attached hydrogens (tertiary/aromatic N) is 3. The summed E-state index contributed by atoms with van der Waals surface area (Å²) in [6, 6.07) is 11.8. The molecule has 2 atom stereocenters. The second-order valence-electron chi connectivity index (χ2n) is 8.35. The Morgan fingerprint density at radius 1 is 1.20 bits per heavy atom. The zero-order valence-electron chi connectivity index (χ0n) is 17.5. The number of hydrogen-bond donors (Lipinski definition) is 2. The van der Waals surface area contributed by atoms with E-state index in [2.05, 4.69) is 63.5 Å². The molecule has 0 bridgehead atoms. The third kappa shape index (κ3) is 5.32. The van der Waals surface area contributed by atoms with E-state index in [0.29, 0.717) is 18.0 Å². The van der Waals surface area contributed by atoms with Crippen molar-refractivity contribution in [3.63, 3.8) is 0 Å². The molecule has 1 aliphatic heterocycles. The normalized spacial score (nSPS) is 22.8. The predicted octanol–water partition coefficient (Wildman–Crippen LogP) is 3.61. The third-order valence-corrected chi connectivity index (χ3v) is 6.17. The van der Waals surface area contributed by atoms with Crippen molar-refractivity contribution in [3.8, 4) is 0 Å². The lowest BCUT2D eigenvalue weighted by Crippen LogP contribution is -2.43. The molecule has 1 aliphatic carbocycles. The maximum Gasteiger partial charge on any atom is 0.356 e. The van der Waals surface area contributed by atoms with Crippen LogP contribution in [0.3, 0.4) is 0 Å². The third-order valence-electron chi connectivity index (χ3n) is 6.17. The summed E-state index contributed by atoms with van der Waals surface area (Å²) in [5.41, 5.74) is 3.67. The molecule has 2 aromatic rings. The van der Waals surface area contributed by atoms with Gasteiger partial charge in [-0.15, -0.1) is 0 Å². The molecule has 4 rings (SSSR count). The number of nitrogens with one attached hydrogen (secondary N) is 1. The molecule has 6 nitrogen and oxygen atoms in total. The maximum atomic E-state index is 10.9. The van der Waals surface area contributed by atoms with Crippen LogP contribution in [0.4, 0.5) is 0 Å². The predicted molar refractivity (Wildman–Crippen MR) is 117 cm³/mol. The number of carboxylic acids is 1. The van der Waals surface area contributed by atoms with Gasteiger partial charge in [0.05, 0.1) is 18.1 Å². The summed E-state index contributed by atoms with van der Waals surface area (Å²) in [5.74, 6) is -0.361. The van der Waals surface area contributed by atoms with E-state index in [-0.39, 0.29) is 5.69 Å². The first-order valence-corrected chi connectivity index (χ1v) is 10.9. The van der Waals surface area contributed by atoms with E-state index in [9.17, 15) is 4.79 Å². The minimum Gasteiger partial charge on any atom is -0.476 e. The van der Waals surface area contributed by atoms with Crippen molar-refractivity contribution < 1.29 is 9.90 Å². The van der Waals surface area contributed by atoms with Crippen molar-refractivity contribution in [2.24, 2.45) is 5.92 Å². The number of carboxylic acid groups (broad SMARTS) is 1. The van der Waals surface area contributed by atoms with Gasteiger partial charge in [0.2, 0.25) is 0 Å². The van der Waals surface area contributed by atoms with Crippen molar-refractivity contribution in [2.75, 3.05) is 13.1 Å². The average Bonchev–Trinajstić information content (AvgIpc) is 3.53. The number of aromatic carboxylic acids is 1. The van der Waals surface area contributed by atoms with Gasteiger partial charge in [-0.1, -0.05) is 48.9 Å². The lowest BCUT2D eigenvalue weighted by Gasteiger charge is -2.32. The summed E-state index contributed by atoms with van der Waals surface area (Å²) in [6.45, 7) is 5.04. The second kappa shape index (κ2) is 9.49. The molecule has 1 aromatic carbocycles. The van der Waals surface area contributed by atoms with Gasteiger partial charge in [0.15, 0.2) is 5.69 Å². The SMILES string of the molecule is CC/C(=C\c1ccccc1)[C@@H]1C[C@H]1NC1CCN(Cc2cnc(C(=O)O)cn2)CC1. The Balaban J connectivity index is 1.23. The minimum atomic E-state index is -1.04. The first kappa shape index (κ1) is 20.7. The molecule has 0 spiro atoms. The summed E-state index contributed by atoms with van der Waals surface area (Å²) in [6.07, 6.45) is 9.91. The molecule has 2 fully saturated rings. The van der Waals surface area contributed by atoms with Gasteiger partial charge in [-0.25, -0.2) is 9.78 Å². The van der Waals surface area contributed by atoms with Gasteiger partial charge in [-0.2, -0.15) is 0 Å². The van der Waals surface area contributed by atoms with Crippen LogP contribution >= 0.6 is 0 Å². The Morgan fingerprint density at radius 2 is 1.97 bits per heavy atom. The van der Waals surface area contributed by atoms with Gasteiger partial charge in [0, 0.05) is 31.7 Å². The smallest absolute Gasteiger partial charge is 0.356 e. The summed E-state index contributed by atoms with van der Waals surface area (Å²) in [4.78, 5) is 21.5. The maximum absolute atomic E-state index is 10.9. The Hall–Kier alpha value is -2.57. The van der Waals surface area contributed by atoms with Crippen LogP contribution in [0.2, 0.25) is 0 Å². The van der Waals surface area contributed by atoms with Gasteiger partial charge in [-0.3, -0.25) is 9.88 Å². The van der Waals surface area contributed by atoms with E-state index >= 15 is 0 Å². The molecule has 1 saturated carbocycles. The lowest BCUT2D eigenvalue weighted by molar-refractivity contribution is 0.0689. The van der Waals surface area contributed by atoms with E-state index in [1.807, 2.05) is 0 Å². The Labute approximate surface area is 178 Å². The van der Waals surface area contributed by atoms with Crippen molar-refractivity contribution in [1.82, 2.24) is 20.2 Å². The van der Waals surface area contributed by atoms with E-state index in [1.54, 1.807) is 11.8 Å². The molecule has 0 amide bonds. The van der Waals surface area contributed by atoms with Crippen molar-refractivity contribution >= 4 is 12.0 Å². The summed E-state index contributed by atoms with van der Waals surface area (Å²) in [5, 5.41) is 12.8. The van der Waals surface area contributed by atoms with Gasteiger partial charge in [0.1, 0.15) is 0 Å². The van der Waals surface area contributed by atoms with Gasteiger partial charge >= 0.3 is 5.97 Å². The van der Waals surface area contributed by atoms with E-state index in [1.165, 1.54) is 18.2 Å². The molecule has 158 valence electrons. The second-order valence-corrected chi connectivity index (χ2v) is 8.35. The number of carbonyl (C=O) groups is 1. The van der Waals surface area contributed by atoms with Crippen LogP contribution in [0.25, 0.3) is 6.08 Å². The fourth-order valence-corrected chi connectivity index (χ4v) is 4.36. The molecule has 30 heavy (non-hydrogen) atoms. The minimum absolute atomic E-state index is 0.00610. The largest absolute Gasteiger partial charge is 0.476 e. The summed E-state index contributed by atoms with van der Waals surface area (Å²) >= 11 is 0. The molecule has 2 heterocycles. The number of piperidine rings is 1. The van der Waals surface area contributed by atoms with E-state index in [0.717, 1.165) is 44.6 Å². The molecule has 6 heteroatoms. The summed E-state index contributed by atoms with van der Waals surface area (Å²) < 4.78 is 0. The fraction of sp³-hybridized carbons (Fsp3) is 0.458. The highest BCUT2D eigenvalue weighted by Gasteiger charge is 2.40. The van der Waals surface area contributed by atoms with Crippen molar-refractivity contribution in [2.45, 2.75) is 51.2 Å². The van der Waals surface area contributed by atoms with Crippen LogP contribution < -0.4 is 5.32 Å². The average molecular weight is 407 g/mol. The highest BCUT2D eigenvalue weighted by Crippen LogP contribution is 2.40. The van der Waals surface area contributed by atoms with Crippen LogP contribution in [-0.4, -0.2) is 51.1 Å². The molecule has 0 radical (unpaired) electrons. The number of rotatable bonds is 8. The molecule has 2 N–H and O–H groups in total. The van der Waals surface area contributed by atoms with Crippen LogP contribution in [0, 0.1) is 5.92 Å². The highest BCUT2D eigenvalue weighted by atomic mass is 16.4. The lowest BCUT2D eigenvalue weighted by atomic mass is 10.0. The number of benzene rings is 1. The molecule has 1 aromatic heterocycles. The summed E-state index contributed by atoms with van der Waals surface area (Å²) in [7, 11) is 0.